The number of benzene rings is 1. The minimum absolute atomic E-state index is 0.752. The van der Waals surface area contributed by atoms with Crippen molar-refractivity contribution >= 4 is 5.71 Å². The molecule has 1 N–H and O–H groups in total. The summed E-state index contributed by atoms with van der Waals surface area (Å²) in [5.41, 5.74) is 3.58. The van der Waals surface area contributed by atoms with Crippen molar-refractivity contribution in [3.05, 3.63) is 35.4 Å². The van der Waals surface area contributed by atoms with Gasteiger partial charge in [0.15, 0.2) is 0 Å². The van der Waals surface area contributed by atoms with E-state index in [1.165, 1.54) is 75.3 Å². The summed E-state index contributed by atoms with van der Waals surface area (Å²) in [6, 6.07) is 9.15. The van der Waals surface area contributed by atoms with Crippen LogP contribution in [0.15, 0.2) is 24.3 Å². The fourth-order valence-electron chi connectivity index (χ4n) is 5.49. The molecule has 138 valence electrons. The van der Waals surface area contributed by atoms with Gasteiger partial charge >= 0.3 is 0 Å². The van der Waals surface area contributed by atoms with E-state index < -0.39 is 0 Å². The van der Waals surface area contributed by atoms with Gasteiger partial charge in [-0.05, 0) is 80.2 Å². The fraction of sp³-hybridized carbons (Fsp3) is 0.708. The highest BCUT2D eigenvalue weighted by atomic mass is 14.4. The van der Waals surface area contributed by atoms with Gasteiger partial charge in [0.2, 0.25) is 0 Å². The SMILES string of the molecule is CCCC1CCC(C2CCC(c3ccc(CC(C)=N)cc3)CC2)CC1. The van der Waals surface area contributed by atoms with E-state index in [-0.39, 0.29) is 0 Å². The third-order valence-corrected chi connectivity index (χ3v) is 6.95. The molecule has 0 aliphatic heterocycles. The molecule has 1 aromatic carbocycles. The zero-order valence-corrected chi connectivity index (χ0v) is 16.4. The summed E-state index contributed by atoms with van der Waals surface area (Å²) in [5, 5.41) is 7.64. The Morgan fingerprint density at radius 3 is 1.96 bits per heavy atom. The molecule has 0 heterocycles. The van der Waals surface area contributed by atoms with Gasteiger partial charge in [0, 0.05) is 12.1 Å². The van der Waals surface area contributed by atoms with E-state index in [9.17, 15) is 0 Å². The van der Waals surface area contributed by atoms with Gasteiger partial charge in [0.05, 0.1) is 0 Å². The molecule has 0 bridgehead atoms. The Balaban J connectivity index is 1.46. The summed E-state index contributed by atoms with van der Waals surface area (Å²) < 4.78 is 0. The van der Waals surface area contributed by atoms with Crippen LogP contribution in [0.3, 0.4) is 0 Å². The van der Waals surface area contributed by atoms with E-state index in [1.807, 2.05) is 6.92 Å². The highest BCUT2D eigenvalue weighted by Gasteiger charge is 2.30. The lowest BCUT2D eigenvalue weighted by atomic mass is 9.68. The lowest BCUT2D eigenvalue weighted by Crippen LogP contribution is -2.25. The summed E-state index contributed by atoms with van der Waals surface area (Å²) in [4.78, 5) is 0. The number of rotatable bonds is 6. The first kappa shape index (κ1) is 18.7. The zero-order chi connectivity index (χ0) is 17.6. The minimum atomic E-state index is 0.752. The molecule has 0 atom stereocenters. The van der Waals surface area contributed by atoms with Crippen LogP contribution in [-0.2, 0) is 6.42 Å². The van der Waals surface area contributed by atoms with Crippen molar-refractivity contribution in [2.75, 3.05) is 0 Å². The maximum atomic E-state index is 7.64. The standard InChI is InChI=1S/C24H37N/c1-3-4-19-5-9-21(10-6-19)23-13-15-24(16-14-23)22-11-7-20(8-12-22)17-18(2)25/h7-8,11-12,19,21,23-25H,3-6,9-10,13-17H2,1-2H3. The molecule has 0 aromatic heterocycles. The van der Waals surface area contributed by atoms with Crippen molar-refractivity contribution in [3.8, 4) is 0 Å². The molecule has 0 unspecified atom stereocenters. The summed E-state index contributed by atoms with van der Waals surface area (Å²) in [7, 11) is 0. The maximum absolute atomic E-state index is 7.64. The number of hydrogen-bond acceptors (Lipinski definition) is 1. The predicted octanol–water partition coefficient (Wildman–Crippen LogP) is 7.15. The van der Waals surface area contributed by atoms with E-state index in [4.69, 9.17) is 5.41 Å². The molecule has 0 amide bonds. The molecule has 0 radical (unpaired) electrons. The third kappa shape index (κ3) is 5.19. The molecular weight excluding hydrogens is 302 g/mol. The van der Waals surface area contributed by atoms with Crippen LogP contribution in [0.1, 0.15) is 95.1 Å². The van der Waals surface area contributed by atoms with Crippen LogP contribution in [0.4, 0.5) is 0 Å². The third-order valence-electron chi connectivity index (χ3n) is 6.95. The average molecular weight is 340 g/mol. The lowest BCUT2D eigenvalue weighted by Gasteiger charge is -2.38. The first-order valence-electron chi connectivity index (χ1n) is 10.8. The Hall–Kier alpha value is -1.11. The molecule has 0 saturated heterocycles. The molecule has 25 heavy (non-hydrogen) atoms. The summed E-state index contributed by atoms with van der Waals surface area (Å²) in [5.74, 6) is 3.87. The Labute approximate surface area is 155 Å². The van der Waals surface area contributed by atoms with Crippen molar-refractivity contribution < 1.29 is 0 Å². The molecule has 1 aromatic rings. The summed E-state index contributed by atoms with van der Waals surface area (Å²) in [6.07, 6.45) is 15.4. The largest absolute Gasteiger partial charge is 0.310 e. The van der Waals surface area contributed by atoms with Crippen LogP contribution in [0.5, 0.6) is 0 Å². The first-order chi connectivity index (χ1) is 12.2. The quantitative estimate of drug-likeness (QED) is 0.532. The Morgan fingerprint density at radius 1 is 0.880 bits per heavy atom. The van der Waals surface area contributed by atoms with Crippen LogP contribution in [-0.4, -0.2) is 5.71 Å². The van der Waals surface area contributed by atoms with Gasteiger partial charge in [-0.3, -0.25) is 0 Å². The normalized spacial score (nSPS) is 30.2. The van der Waals surface area contributed by atoms with Gasteiger partial charge in [0.25, 0.3) is 0 Å². The second-order valence-electron chi connectivity index (χ2n) is 8.88. The van der Waals surface area contributed by atoms with E-state index in [2.05, 4.69) is 31.2 Å². The molecule has 2 aliphatic carbocycles. The Bertz CT molecular complexity index is 528. The van der Waals surface area contributed by atoms with Gasteiger partial charge in [0.1, 0.15) is 0 Å². The molecule has 1 heteroatoms. The van der Waals surface area contributed by atoms with Crippen molar-refractivity contribution in [2.24, 2.45) is 17.8 Å². The van der Waals surface area contributed by atoms with Crippen LogP contribution >= 0.6 is 0 Å². The van der Waals surface area contributed by atoms with Gasteiger partial charge in [-0.1, -0.05) is 56.9 Å². The Morgan fingerprint density at radius 2 is 1.44 bits per heavy atom. The van der Waals surface area contributed by atoms with E-state index >= 15 is 0 Å². The van der Waals surface area contributed by atoms with Gasteiger partial charge < -0.3 is 5.41 Å². The minimum Gasteiger partial charge on any atom is -0.310 e. The van der Waals surface area contributed by atoms with Gasteiger partial charge in [-0.15, -0.1) is 0 Å². The first-order valence-corrected chi connectivity index (χ1v) is 10.8. The lowest BCUT2D eigenvalue weighted by molar-refractivity contribution is 0.156. The van der Waals surface area contributed by atoms with Crippen LogP contribution < -0.4 is 0 Å². The van der Waals surface area contributed by atoms with Crippen molar-refractivity contribution in [2.45, 2.75) is 90.4 Å². The summed E-state index contributed by atoms with van der Waals surface area (Å²) >= 11 is 0. The van der Waals surface area contributed by atoms with Crippen molar-refractivity contribution in [1.29, 1.82) is 5.41 Å². The fourth-order valence-corrected chi connectivity index (χ4v) is 5.49. The van der Waals surface area contributed by atoms with Crippen LogP contribution in [0.25, 0.3) is 0 Å². The molecule has 1 nitrogen and oxygen atoms in total. The van der Waals surface area contributed by atoms with Crippen LogP contribution in [0, 0.1) is 23.2 Å². The van der Waals surface area contributed by atoms with Gasteiger partial charge in [-0.2, -0.15) is 0 Å². The second kappa shape index (κ2) is 9.01. The topological polar surface area (TPSA) is 23.9 Å². The highest BCUT2D eigenvalue weighted by molar-refractivity contribution is 5.80. The molecule has 0 spiro atoms. The number of hydrogen-bond donors (Lipinski definition) is 1. The smallest absolute Gasteiger partial charge is 0.0102 e. The molecule has 3 rings (SSSR count). The monoisotopic (exact) mass is 339 g/mol. The maximum Gasteiger partial charge on any atom is 0.0102 e. The van der Waals surface area contributed by atoms with E-state index in [0.717, 1.165) is 35.8 Å². The summed E-state index contributed by atoms with van der Waals surface area (Å²) in [6.45, 7) is 4.23. The predicted molar refractivity (Wildman–Crippen MR) is 109 cm³/mol. The molecule has 2 fully saturated rings. The zero-order valence-electron chi connectivity index (χ0n) is 16.4. The van der Waals surface area contributed by atoms with Gasteiger partial charge in [-0.25, -0.2) is 0 Å². The van der Waals surface area contributed by atoms with E-state index in [0.29, 0.717) is 0 Å². The van der Waals surface area contributed by atoms with Crippen molar-refractivity contribution in [3.63, 3.8) is 0 Å². The average Bonchev–Trinajstić information content (AvgIpc) is 2.63. The van der Waals surface area contributed by atoms with Crippen LogP contribution in [0.2, 0.25) is 0 Å². The Kier molecular flexibility index (Phi) is 6.73. The second-order valence-corrected chi connectivity index (χ2v) is 8.88. The van der Waals surface area contributed by atoms with E-state index in [1.54, 1.807) is 0 Å². The number of nitrogens with one attached hydrogen (secondary N) is 1. The molecule has 2 saturated carbocycles. The van der Waals surface area contributed by atoms with Crippen molar-refractivity contribution in [1.82, 2.24) is 0 Å². The molecule has 2 aliphatic rings. The highest BCUT2D eigenvalue weighted by Crippen LogP contribution is 2.44. The molecular formula is C24H37N.